The van der Waals surface area contributed by atoms with Crippen LogP contribution in [0.15, 0.2) is 39.8 Å². The molecule has 0 spiro atoms. The van der Waals surface area contributed by atoms with Crippen LogP contribution in [-0.2, 0) is 14.6 Å². The highest BCUT2D eigenvalue weighted by molar-refractivity contribution is 7.91. The van der Waals surface area contributed by atoms with Crippen LogP contribution in [0.3, 0.4) is 0 Å². The van der Waals surface area contributed by atoms with Crippen LogP contribution < -0.4 is 4.74 Å². The van der Waals surface area contributed by atoms with E-state index in [4.69, 9.17) is 27.9 Å². The van der Waals surface area contributed by atoms with E-state index >= 15 is 0 Å². The number of allylic oxidation sites excluding steroid dienone is 1. The van der Waals surface area contributed by atoms with Crippen molar-refractivity contribution in [1.82, 2.24) is 0 Å². The summed E-state index contributed by atoms with van der Waals surface area (Å²) in [6.07, 6.45) is 3.90. The number of nitrogens with zero attached hydrogens (tertiary/aromatic N) is 1. The molecule has 27 heavy (non-hydrogen) atoms. The number of carbonyl (C=O) groups is 1. The second-order valence-electron chi connectivity index (χ2n) is 7.61. The van der Waals surface area contributed by atoms with Gasteiger partial charge in [0.2, 0.25) is 0 Å². The number of benzene rings is 1. The van der Waals surface area contributed by atoms with Crippen molar-refractivity contribution in [3.05, 3.63) is 40.4 Å². The van der Waals surface area contributed by atoms with Crippen LogP contribution in [0.4, 0.5) is 0 Å². The Morgan fingerprint density at radius 1 is 1.26 bits per heavy atom. The molecule has 0 amide bonds. The van der Waals surface area contributed by atoms with Crippen LogP contribution >= 0.6 is 23.2 Å². The number of carbonyl (C=O) groups excluding carboxylic acids is 1. The molecular formula is C19H21Cl2NO4S. The van der Waals surface area contributed by atoms with E-state index in [9.17, 15) is 13.2 Å². The Morgan fingerprint density at radius 3 is 2.48 bits per heavy atom. The van der Waals surface area contributed by atoms with E-state index in [0.29, 0.717) is 12.2 Å². The number of hydrogen-bond donors (Lipinski definition) is 0. The molecule has 8 heteroatoms. The number of sulfone groups is 1. The minimum absolute atomic E-state index is 0.0379. The maximum Gasteiger partial charge on any atom is 0.315 e. The lowest BCUT2D eigenvalue weighted by atomic mass is 10.1. The molecule has 1 aliphatic heterocycles. The maximum absolute atomic E-state index is 12.4. The Balaban J connectivity index is 1.58. The molecule has 0 aromatic heterocycles. The highest BCUT2D eigenvalue weighted by Gasteiger charge is 2.61. The normalized spacial score (nSPS) is 28.1. The predicted molar refractivity (Wildman–Crippen MR) is 107 cm³/mol. The van der Waals surface area contributed by atoms with Crippen LogP contribution in [0.2, 0.25) is 0 Å². The zero-order chi connectivity index (χ0) is 19.8. The summed E-state index contributed by atoms with van der Waals surface area (Å²) >= 11 is 11.4. The van der Waals surface area contributed by atoms with Gasteiger partial charge in [-0.15, -0.1) is 0 Å². The van der Waals surface area contributed by atoms with Crippen LogP contribution in [0.5, 0.6) is 5.75 Å². The van der Waals surface area contributed by atoms with E-state index in [0.717, 1.165) is 5.56 Å². The quantitative estimate of drug-likeness (QED) is 0.405. The Hall–Kier alpha value is -1.37. The zero-order valence-corrected chi connectivity index (χ0v) is 17.4. The fourth-order valence-electron chi connectivity index (χ4n) is 3.46. The van der Waals surface area contributed by atoms with Crippen molar-refractivity contribution in [3.63, 3.8) is 0 Å². The van der Waals surface area contributed by atoms with Crippen molar-refractivity contribution in [1.29, 1.82) is 0 Å². The van der Waals surface area contributed by atoms with E-state index < -0.39 is 9.84 Å². The average Bonchev–Trinajstić information content (AvgIpc) is 2.92. The standard InChI is InChI=1S/C19H21Cl2NO4S/c1-19(2)15(9-16(20)21)17(19)18(23)26-14-5-3-12(4-6-14)10-22-13-7-8-27(24,25)11-13/h3-6,9-10,13,15,17H,7-8,11H2,1-2H3/t13-,15+,17+/m1/s1. The van der Waals surface area contributed by atoms with Gasteiger partial charge >= 0.3 is 5.97 Å². The molecule has 1 saturated heterocycles. The van der Waals surface area contributed by atoms with E-state index in [1.54, 1.807) is 36.6 Å². The van der Waals surface area contributed by atoms with Crippen molar-refractivity contribution in [2.24, 2.45) is 22.2 Å². The highest BCUT2D eigenvalue weighted by atomic mass is 35.5. The average molecular weight is 430 g/mol. The third kappa shape index (κ3) is 4.92. The van der Waals surface area contributed by atoms with Gasteiger partial charge < -0.3 is 4.74 Å². The van der Waals surface area contributed by atoms with Crippen molar-refractivity contribution in [2.75, 3.05) is 11.5 Å². The van der Waals surface area contributed by atoms with Gasteiger partial charge in [-0.1, -0.05) is 37.0 Å². The monoisotopic (exact) mass is 429 g/mol. The topological polar surface area (TPSA) is 72.8 Å². The number of halogens is 2. The number of ether oxygens (including phenoxy) is 1. The first-order valence-corrected chi connectivity index (χ1v) is 11.2. The van der Waals surface area contributed by atoms with Crippen molar-refractivity contribution < 1.29 is 17.9 Å². The molecule has 2 fully saturated rings. The van der Waals surface area contributed by atoms with Crippen LogP contribution in [0.1, 0.15) is 25.8 Å². The molecule has 0 N–H and O–H groups in total. The highest BCUT2D eigenvalue weighted by Crippen LogP contribution is 2.60. The van der Waals surface area contributed by atoms with Crippen molar-refractivity contribution in [3.8, 4) is 5.75 Å². The van der Waals surface area contributed by atoms with Gasteiger partial charge in [0.05, 0.1) is 23.5 Å². The first-order chi connectivity index (χ1) is 12.6. The molecule has 3 rings (SSSR count). The van der Waals surface area contributed by atoms with Gasteiger partial charge in [-0.2, -0.15) is 0 Å². The summed E-state index contributed by atoms with van der Waals surface area (Å²) in [7, 11) is -2.94. The molecule has 1 aromatic rings. The summed E-state index contributed by atoms with van der Waals surface area (Å²) in [6.45, 7) is 3.94. The number of aliphatic imine (C=N–C) groups is 1. The molecule has 0 bridgehead atoms. The van der Waals surface area contributed by atoms with Gasteiger partial charge in [0, 0.05) is 6.21 Å². The molecule has 146 valence electrons. The Labute approximate surface area is 169 Å². The molecular weight excluding hydrogens is 409 g/mol. The third-order valence-electron chi connectivity index (χ3n) is 5.21. The molecule has 3 atom stereocenters. The number of rotatable bonds is 5. The van der Waals surface area contributed by atoms with Gasteiger partial charge in [-0.05, 0) is 53.7 Å². The molecule has 0 unspecified atom stereocenters. The first kappa shape index (κ1) is 20.4. The van der Waals surface area contributed by atoms with Gasteiger partial charge in [0.1, 0.15) is 10.2 Å². The summed E-state index contributed by atoms with van der Waals surface area (Å²) in [6, 6.07) is 6.77. The number of esters is 1. The molecule has 1 heterocycles. The smallest absolute Gasteiger partial charge is 0.315 e. The van der Waals surface area contributed by atoms with Crippen LogP contribution in [-0.4, -0.2) is 38.1 Å². The second kappa shape index (κ2) is 7.57. The van der Waals surface area contributed by atoms with E-state index in [1.165, 1.54) is 0 Å². The summed E-state index contributed by atoms with van der Waals surface area (Å²) in [5.41, 5.74) is 0.584. The van der Waals surface area contributed by atoms with Gasteiger partial charge in [-0.25, -0.2) is 8.42 Å². The lowest BCUT2D eigenvalue weighted by molar-refractivity contribution is -0.136. The predicted octanol–water partition coefficient (Wildman–Crippen LogP) is 3.79. The van der Waals surface area contributed by atoms with Crippen LogP contribution in [0, 0.1) is 17.3 Å². The van der Waals surface area contributed by atoms with Gasteiger partial charge in [-0.3, -0.25) is 9.79 Å². The Kier molecular flexibility index (Phi) is 5.71. The van der Waals surface area contributed by atoms with Crippen LogP contribution in [0.25, 0.3) is 0 Å². The largest absolute Gasteiger partial charge is 0.426 e. The summed E-state index contributed by atoms with van der Waals surface area (Å²) in [5, 5.41) is 0. The summed E-state index contributed by atoms with van der Waals surface area (Å²) in [4.78, 5) is 16.7. The number of hydrogen-bond acceptors (Lipinski definition) is 5. The van der Waals surface area contributed by atoms with E-state index in [2.05, 4.69) is 4.99 Å². The SMILES string of the molecule is CC1(C)[C@H](C(=O)Oc2ccc(C=N[C@@H]3CCS(=O)(=O)C3)cc2)[C@@H]1C=C(Cl)Cl. The Bertz CT molecular complexity index is 887. The molecule has 1 saturated carbocycles. The fourth-order valence-corrected chi connectivity index (χ4v) is 5.37. The lowest BCUT2D eigenvalue weighted by Gasteiger charge is -2.06. The minimum Gasteiger partial charge on any atom is -0.426 e. The maximum atomic E-state index is 12.4. The summed E-state index contributed by atoms with van der Waals surface area (Å²) < 4.78 is 28.5. The van der Waals surface area contributed by atoms with Gasteiger partial charge in [0.15, 0.2) is 9.84 Å². The first-order valence-electron chi connectivity index (χ1n) is 8.67. The zero-order valence-electron chi connectivity index (χ0n) is 15.1. The van der Waals surface area contributed by atoms with E-state index in [-0.39, 0.29) is 45.3 Å². The molecule has 2 aliphatic rings. The summed E-state index contributed by atoms with van der Waals surface area (Å²) in [5.74, 6) is 0.126. The lowest BCUT2D eigenvalue weighted by Crippen LogP contribution is -2.13. The van der Waals surface area contributed by atoms with Crippen molar-refractivity contribution >= 4 is 45.2 Å². The fraction of sp³-hybridized carbons (Fsp3) is 0.474. The second-order valence-corrected chi connectivity index (χ2v) is 10.8. The molecule has 1 aromatic carbocycles. The van der Waals surface area contributed by atoms with E-state index in [1.807, 2.05) is 13.8 Å². The van der Waals surface area contributed by atoms with Gasteiger partial charge in [0.25, 0.3) is 0 Å². The van der Waals surface area contributed by atoms with Crippen molar-refractivity contribution in [2.45, 2.75) is 26.3 Å². The molecule has 5 nitrogen and oxygen atoms in total. The minimum atomic E-state index is -2.94. The molecule has 1 aliphatic carbocycles. The third-order valence-corrected chi connectivity index (χ3v) is 7.21. The molecule has 0 radical (unpaired) electrons. The Morgan fingerprint density at radius 2 is 1.93 bits per heavy atom.